The molecule has 2 aliphatic rings. The minimum Gasteiger partial charge on any atom is -0.310 e. The van der Waals surface area contributed by atoms with Gasteiger partial charge in [-0.15, -0.1) is 11.3 Å². The molecule has 3 heterocycles. The van der Waals surface area contributed by atoms with Gasteiger partial charge in [0.05, 0.1) is 4.34 Å². The molecule has 0 aliphatic carbocycles. The van der Waals surface area contributed by atoms with E-state index in [-0.39, 0.29) is 18.0 Å². The Labute approximate surface area is 161 Å². The van der Waals surface area contributed by atoms with Crippen LogP contribution in [0.3, 0.4) is 0 Å². The molecular weight excluding hydrogens is 370 g/mol. The van der Waals surface area contributed by atoms with Crippen molar-refractivity contribution in [1.29, 1.82) is 0 Å². The van der Waals surface area contributed by atoms with Crippen molar-refractivity contribution in [3.8, 4) is 0 Å². The molecule has 0 bridgehead atoms. The summed E-state index contributed by atoms with van der Waals surface area (Å²) < 4.78 is 0.776. The number of thiophene rings is 1. The largest absolute Gasteiger partial charge is 0.327 e. The van der Waals surface area contributed by atoms with E-state index in [2.05, 4.69) is 4.90 Å². The first-order valence-corrected chi connectivity index (χ1v) is 9.94. The molecule has 2 aromatic rings. The van der Waals surface area contributed by atoms with E-state index < -0.39 is 0 Å². The van der Waals surface area contributed by atoms with Gasteiger partial charge >= 0.3 is 6.03 Å². The van der Waals surface area contributed by atoms with Gasteiger partial charge in [-0.3, -0.25) is 14.6 Å². The highest BCUT2D eigenvalue weighted by Crippen LogP contribution is 2.26. The lowest BCUT2D eigenvalue weighted by atomic mass is 10.1. The molecule has 1 atom stereocenters. The summed E-state index contributed by atoms with van der Waals surface area (Å²) in [5.74, 6) is -0.0696. The molecule has 136 valence electrons. The maximum atomic E-state index is 12.8. The van der Waals surface area contributed by atoms with E-state index in [9.17, 15) is 9.59 Å². The molecule has 2 saturated heterocycles. The van der Waals surface area contributed by atoms with Gasteiger partial charge in [-0.1, -0.05) is 41.9 Å². The zero-order chi connectivity index (χ0) is 18.1. The number of nitrogens with zero attached hydrogens (tertiary/aromatic N) is 3. The lowest BCUT2D eigenvalue weighted by Crippen LogP contribution is -2.52. The number of carbonyl (C=O) groups is 2. The van der Waals surface area contributed by atoms with Crippen LogP contribution in [0.2, 0.25) is 4.34 Å². The fourth-order valence-corrected chi connectivity index (χ4v) is 4.73. The third-order valence-corrected chi connectivity index (χ3v) is 6.18. The van der Waals surface area contributed by atoms with Crippen molar-refractivity contribution in [2.45, 2.75) is 19.0 Å². The van der Waals surface area contributed by atoms with Gasteiger partial charge in [-0.2, -0.15) is 0 Å². The molecule has 7 heteroatoms. The molecule has 5 nitrogen and oxygen atoms in total. The summed E-state index contributed by atoms with van der Waals surface area (Å²) in [7, 11) is 0. The minimum absolute atomic E-state index is 0.0696. The number of benzene rings is 1. The van der Waals surface area contributed by atoms with Crippen molar-refractivity contribution in [1.82, 2.24) is 14.7 Å². The van der Waals surface area contributed by atoms with E-state index in [0.717, 1.165) is 23.0 Å². The predicted octanol–water partition coefficient (Wildman–Crippen LogP) is 3.09. The van der Waals surface area contributed by atoms with Gasteiger partial charge in [0, 0.05) is 37.6 Å². The fourth-order valence-electron chi connectivity index (χ4n) is 3.60. The fraction of sp³-hybridized carbons (Fsp3) is 0.368. The summed E-state index contributed by atoms with van der Waals surface area (Å²) in [5.41, 5.74) is 1.13. The molecule has 2 fully saturated rings. The number of urea groups is 1. The summed E-state index contributed by atoms with van der Waals surface area (Å²) in [6, 6.07) is 13.4. The van der Waals surface area contributed by atoms with E-state index in [1.807, 2.05) is 42.5 Å². The number of piperazine rings is 1. The highest BCUT2D eigenvalue weighted by molar-refractivity contribution is 7.16. The van der Waals surface area contributed by atoms with Crippen LogP contribution in [0.4, 0.5) is 4.79 Å². The van der Waals surface area contributed by atoms with Crippen LogP contribution in [-0.4, -0.2) is 58.9 Å². The van der Waals surface area contributed by atoms with Gasteiger partial charge < -0.3 is 4.90 Å². The Morgan fingerprint density at radius 2 is 1.88 bits per heavy atom. The number of halogens is 1. The highest BCUT2D eigenvalue weighted by Gasteiger charge is 2.47. The van der Waals surface area contributed by atoms with Crippen molar-refractivity contribution in [3.63, 3.8) is 0 Å². The number of hydrogen-bond acceptors (Lipinski definition) is 4. The molecule has 26 heavy (non-hydrogen) atoms. The summed E-state index contributed by atoms with van der Waals surface area (Å²) in [6.45, 7) is 3.16. The third kappa shape index (κ3) is 3.49. The van der Waals surface area contributed by atoms with Crippen molar-refractivity contribution >= 4 is 34.9 Å². The monoisotopic (exact) mass is 389 g/mol. The van der Waals surface area contributed by atoms with Crippen molar-refractivity contribution in [2.24, 2.45) is 0 Å². The minimum atomic E-state index is -0.359. The maximum Gasteiger partial charge on any atom is 0.327 e. The van der Waals surface area contributed by atoms with Crippen LogP contribution in [0.1, 0.15) is 10.4 Å². The van der Waals surface area contributed by atoms with Gasteiger partial charge in [0.1, 0.15) is 6.04 Å². The van der Waals surface area contributed by atoms with Crippen molar-refractivity contribution in [2.75, 3.05) is 26.2 Å². The number of fused-ring (bicyclic) bond motifs is 1. The Balaban J connectivity index is 1.39. The topological polar surface area (TPSA) is 43.9 Å². The van der Waals surface area contributed by atoms with Gasteiger partial charge in [-0.25, -0.2) is 4.79 Å². The second-order valence-corrected chi connectivity index (χ2v) is 8.46. The normalized spacial score (nSPS) is 20.7. The molecule has 1 aromatic heterocycles. The van der Waals surface area contributed by atoms with E-state index in [1.54, 1.807) is 16.2 Å². The van der Waals surface area contributed by atoms with Crippen LogP contribution in [0.15, 0.2) is 42.5 Å². The first kappa shape index (κ1) is 17.5. The highest BCUT2D eigenvalue weighted by atomic mass is 35.5. The molecule has 0 saturated carbocycles. The summed E-state index contributed by atoms with van der Waals surface area (Å²) in [6.07, 6.45) is 0.691. The predicted molar refractivity (Wildman–Crippen MR) is 102 cm³/mol. The van der Waals surface area contributed by atoms with E-state index >= 15 is 0 Å². The Hall–Kier alpha value is -1.89. The first-order chi connectivity index (χ1) is 12.6. The Bertz CT molecular complexity index is 810. The zero-order valence-corrected chi connectivity index (χ0v) is 15.9. The molecular formula is C19H20ClN3O2S. The molecule has 0 spiro atoms. The summed E-state index contributed by atoms with van der Waals surface area (Å²) in [4.78, 5) is 32.0. The van der Waals surface area contributed by atoms with Crippen molar-refractivity contribution < 1.29 is 9.59 Å². The number of carbonyl (C=O) groups excluding carboxylic acids is 2. The Morgan fingerprint density at radius 3 is 2.62 bits per heavy atom. The Morgan fingerprint density at radius 1 is 1.08 bits per heavy atom. The van der Waals surface area contributed by atoms with Gasteiger partial charge in [0.25, 0.3) is 5.91 Å². The first-order valence-electron chi connectivity index (χ1n) is 8.74. The number of amides is 3. The quantitative estimate of drug-likeness (QED) is 0.738. The zero-order valence-electron chi connectivity index (χ0n) is 14.3. The number of rotatable bonds is 5. The van der Waals surface area contributed by atoms with Crippen LogP contribution in [-0.2, 0) is 17.8 Å². The lowest BCUT2D eigenvalue weighted by Gasteiger charge is -2.35. The molecule has 1 aromatic carbocycles. The molecule has 2 aliphatic heterocycles. The molecule has 1 unspecified atom stereocenters. The van der Waals surface area contributed by atoms with Crippen LogP contribution in [0, 0.1) is 0 Å². The average molecular weight is 390 g/mol. The van der Waals surface area contributed by atoms with Crippen LogP contribution < -0.4 is 0 Å². The van der Waals surface area contributed by atoms with Crippen LogP contribution in [0.5, 0.6) is 0 Å². The summed E-state index contributed by atoms with van der Waals surface area (Å²) >= 11 is 7.56. The molecule has 0 radical (unpaired) electrons. The second kappa shape index (κ2) is 7.39. The summed E-state index contributed by atoms with van der Waals surface area (Å²) in [5, 5.41) is 0. The SMILES string of the molecule is O=C1C2CN(Cc3ccc(Cl)s3)CCN2C(=O)N1CCc1ccccc1. The smallest absolute Gasteiger partial charge is 0.310 e. The van der Waals surface area contributed by atoms with Gasteiger partial charge in [0.15, 0.2) is 0 Å². The number of hydrogen-bond donors (Lipinski definition) is 0. The van der Waals surface area contributed by atoms with Crippen LogP contribution in [0.25, 0.3) is 0 Å². The van der Waals surface area contributed by atoms with Gasteiger partial charge in [-0.05, 0) is 24.1 Å². The van der Waals surface area contributed by atoms with Crippen LogP contribution >= 0.6 is 22.9 Å². The Kier molecular flexibility index (Phi) is 4.98. The second-order valence-electron chi connectivity index (χ2n) is 6.66. The average Bonchev–Trinajstić information content (AvgIpc) is 3.16. The van der Waals surface area contributed by atoms with E-state index in [4.69, 9.17) is 11.6 Å². The van der Waals surface area contributed by atoms with E-state index in [1.165, 1.54) is 9.78 Å². The third-order valence-electron chi connectivity index (χ3n) is 4.97. The molecule has 0 N–H and O–H groups in total. The van der Waals surface area contributed by atoms with Gasteiger partial charge in [0.2, 0.25) is 0 Å². The molecule has 3 amide bonds. The van der Waals surface area contributed by atoms with E-state index in [0.29, 0.717) is 26.1 Å². The number of imide groups is 1. The maximum absolute atomic E-state index is 12.8. The molecule has 4 rings (SSSR count). The van der Waals surface area contributed by atoms with Crippen molar-refractivity contribution in [3.05, 3.63) is 57.2 Å². The standard InChI is InChI=1S/C19H20ClN3O2S/c20-17-7-6-15(26-17)12-21-10-11-22-16(13-21)18(24)23(19(22)25)9-8-14-4-2-1-3-5-14/h1-7,16H,8-13H2. The lowest BCUT2D eigenvalue weighted by molar-refractivity contribution is -0.129.